The highest BCUT2D eigenvalue weighted by atomic mass is 28.1. The van der Waals surface area contributed by atoms with Gasteiger partial charge in [0, 0.05) is 10.2 Å². The molecule has 0 radical (unpaired) electrons. The first-order chi connectivity index (χ1) is 6.64. The molecule has 1 saturated carbocycles. The molecule has 0 aromatic rings. The first-order valence-electron chi connectivity index (χ1n) is 6.33. The molecular weight excluding hydrogens is 184 g/mol. The minimum absolute atomic E-state index is 0.544. The van der Waals surface area contributed by atoms with Crippen LogP contribution in [0.1, 0.15) is 58.8 Å². The van der Waals surface area contributed by atoms with Gasteiger partial charge in [0.25, 0.3) is 0 Å². The van der Waals surface area contributed by atoms with E-state index in [1.54, 1.807) is 5.57 Å². The van der Waals surface area contributed by atoms with Gasteiger partial charge in [-0.25, -0.2) is 0 Å². The quantitative estimate of drug-likeness (QED) is 0.492. The molecule has 0 nitrogen and oxygen atoms in total. The summed E-state index contributed by atoms with van der Waals surface area (Å²) < 4.78 is 0. The van der Waals surface area contributed by atoms with Crippen molar-refractivity contribution in [3.8, 4) is 0 Å². The fourth-order valence-electron chi connectivity index (χ4n) is 2.65. The molecule has 1 heteroatoms. The van der Waals surface area contributed by atoms with Gasteiger partial charge in [-0.1, -0.05) is 58.1 Å². The second-order valence-corrected chi connectivity index (χ2v) is 7.04. The third kappa shape index (κ3) is 2.50. The maximum atomic E-state index is 4.43. The molecule has 0 saturated heterocycles. The molecule has 0 spiro atoms. The van der Waals surface area contributed by atoms with Gasteiger partial charge >= 0.3 is 0 Å². The highest BCUT2D eigenvalue weighted by Crippen LogP contribution is 2.45. The first kappa shape index (κ1) is 12.0. The van der Waals surface area contributed by atoms with Crippen molar-refractivity contribution in [1.82, 2.24) is 0 Å². The predicted molar refractivity (Wildman–Crippen MR) is 68.9 cm³/mol. The molecule has 1 fully saturated rings. The maximum absolute atomic E-state index is 4.43. The average Bonchev–Trinajstić information content (AvgIpc) is 2.28. The second-order valence-electron chi connectivity index (χ2n) is 5.13. The third-order valence-electron chi connectivity index (χ3n) is 4.43. The Morgan fingerprint density at radius 3 is 2.14 bits per heavy atom. The van der Waals surface area contributed by atoms with E-state index < -0.39 is 0 Å². The fraction of sp³-hybridized carbons (Fsp3) is 0.846. The van der Waals surface area contributed by atoms with Crippen LogP contribution in [0.4, 0.5) is 0 Å². The molecule has 0 heterocycles. The van der Waals surface area contributed by atoms with Crippen LogP contribution in [0.15, 0.2) is 12.2 Å². The van der Waals surface area contributed by atoms with Crippen molar-refractivity contribution in [3.05, 3.63) is 12.2 Å². The second kappa shape index (κ2) is 5.15. The van der Waals surface area contributed by atoms with Crippen molar-refractivity contribution >= 4 is 10.2 Å². The lowest BCUT2D eigenvalue weighted by molar-refractivity contribution is 0.371. The van der Waals surface area contributed by atoms with Crippen LogP contribution in [0.3, 0.4) is 0 Å². The molecule has 0 bridgehead atoms. The summed E-state index contributed by atoms with van der Waals surface area (Å²) in [5.74, 6) is 0.862. The summed E-state index contributed by atoms with van der Waals surface area (Å²) >= 11 is 0. The van der Waals surface area contributed by atoms with Crippen LogP contribution in [0.25, 0.3) is 0 Å². The Balaban J connectivity index is 2.61. The van der Waals surface area contributed by atoms with Gasteiger partial charge in [0.05, 0.1) is 0 Å². The number of hydrogen-bond donors (Lipinski definition) is 0. The Hall–Kier alpha value is -0.0431. The Bertz CT molecular complexity index is 185. The van der Waals surface area contributed by atoms with E-state index in [1.165, 1.54) is 55.2 Å². The van der Waals surface area contributed by atoms with Gasteiger partial charge in [-0.05, 0) is 23.8 Å². The zero-order chi connectivity index (χ0) is 10.6. The van der Waals surface area contributed by atoms with E-state index in [-0.39, 0.29) is 0 Å². The van der Waals surface area contributed by atoms with Crippen LogP contribution < -0.4 is 0 Å². The van der Waals surface area contributed by atoms with Crippen LogP contribution in [-0.2, 0) is 0 Å². The Morgan fingerprint density at radius 1 is 1.21 bits per heavy atom. The summed E-state index contributed by atoms with van der Waals surface area (Å²) in [6.45, 7) is 9.10. The molecule has 0 aromatic carbocycles. The van der Waals surface area contributed by atoms with E-state index in [1.807, 2.05) is 0 Å². The first-order valence-corrected chi connectivity index (χ1v) is 7.33. The molecule has 0 N–H and O–H groups in total. The number of hydrogen-bond acceptors (Lipinski definition) is 0. The van der Waals surface area contributed by atoms with Crippen molar-refractivity contribution in [2.24, 2.45) is 5.92 Å². The molecule has 0 atom stereocenters. The van der Waals surface area contributed by atoms with Gasteiger partial charge in [0.15, 0.2) is 0 Å². The lowest BCUT2D eigenvalue weighted by atomic mass is 9.77. The van der Waals surface area contributed by atoms with Gasteiger partial charge < -0.3 is 0 Å². The van der Waals surface area contributed by atoms with Crippen molar-refractivity contribution in [2.45, 2.75) is 63.8 Å². The summed E-state index contributed by atoms with van der Waals surface area (Å²) in [6, 6.07) is 0. The molecule has 14 heavy (non-hydrogen) atoms. The van der Waals surface area contributed by atoms with E-state index in [9.17, 15) is 0 Å². The van der Waals surface area contributed by atoms with Gasteiger partial charge in [-0.15, -0.1) is 0 Å². The Labute approximate surface area is 92.6 Å². The van der Waals surface area contributed by atoms with Gasteiger partial charge in [-0.3, -0.25) is 0 Å². The highest BCUT2D eigenvalue weighted by Gasteiger charge is 2.29. The molecule has 1 rings (SSSR count). The lowest BCUT2D eigenvalue weighted by Gasteiger charge is -2.36. The molecule has 82 valence electrons. The topological polar surface area (TPSA) is 0 Å². The van der Waals surface area contributed by atoms with E-state index in [4.69, 9.17) is 0 Å². The molecule has 0 amide bonds. The summed E-state index contributed by atoms with van der Waals surface area (Å²) in [5.41, 5.74) is 1.61. The molecule has 0 aliphatic heterocycles. The van der Waals surface area contributed by atoms with E-state index in [2.05, 4.69) is 20.4 Å². The average molecular weight is 210 g/mol. The number of allylic oxidation sites excluding steroid dienone is 1. The van der Waals surface area contributed by atoms with Crippen molar-refractivity contribution < 1.29 is 0 Å². The largest absolute Gasteiger partial charge is 0.0993 e. The molecule has 0 unspecified atom stereocenters. The summed E-state index contributed by atoms with van der Waals surface area (Å²) in [4.78, 5) is 0. The molecule has 1 aliphatic carbocycles. The van der Waals surface area contributed by atoms with Gasteiger partial charge in [-0.2, -0.15) is 0 Å². The van der Waals surface area contributed by atoms with Crippen LogP contribution in [0, 0.1) is 5.92 Å². The van der Waals surface area contributed by atoms with Crippen molar-refractivity contribution in [1.29, 1.82) is 0 Å². The van der Waals surface area contributed by atoms with Crippen LogP contribution in [0.5, 0.6) is 0 Å². The fourth-order valence-corrected chi connectivity index (χ4v) is 3.06. The minimum Gasteiger partial charge on any atom is -0.0993 e. The predicted octanol–water partition coefficient (Wildman–Crippen LogP) is 3.47. The van der Waals surface area contributed by atoms with Crippen molar-refractivity contribution in [3.63, 3.8) is 0 Å². The maximum Gasteiger partial charge on any atom is 0.0157 e. The smallest absolute Gasteiger partial charge is 0.0157 e. The monoisotopic (exact) mass is 210 g/mol. The van der Waals surface area contributed by atoms with Gasteiger partial charge in [0.2, 0.25) is 0 Å². The van der Waals surface area contributed by atoms with Gasteiger partial charge in [0.1, 0.15) is 0 Å². The molecule has 0 aromatic heterocycles. The van der Waals surface area contributed by atoms with Crippen LogP contribution >= 0.6 is 0 Å². The van der Waals surface area contributed by atoms with E-state index in [0.29, 0.717) is 5.04 Å². The van der Waals surface area contributed by atoms with E-state index in [0.717, 1.165) is 5.92 Å². The standard InChI is InChI=1S/C13H26Si/c1-4-13(14,5-2)11(3)12-9-7-6-8-10-12/h12H,3-10H2,1-2,14H3. The third-order valence-corrected chi connectivity index (χ3v) is 6.49. The minimum atomic E-state index is 0.544. The molecule has 1 aliphatic rings. The Morgan fingerprint density at radius 2 is 1.71 bits per heavy atom. The van der Waals surface area contributed by atoms with Crippen LogP contribution in [-0.4, -0.2) is 10.2 Å². The summed E-state index contributed by atoms with van der Waals surface area (Å²) in [7, 11) is 1.29. The number of rotatable bonds is 4. The van der Waals surface area contributed by atoms with Crippen molar-refractivity contribution in [2.75, 3.05) is 0 Å². The zero-order valence-corrected chi connectivity index (χ0v) is 12.2. The highest BCUT2D eigenvalue weighted by molar-refractivity contribution is 6.17. The summed E-state index contributed by atoms with van der Waals surface area (Å²) in [6.07, 6.45) is 9.79. The summed E-state index contributed by atoms with van der Waals surface area (Å²) in [5, 5.41) is 0.544. The zero-order valence-electron chi connectivity index (χ0n) is 10.2. The lowest BCUT2D eigenvalue weighted by Crippen LogP contribution is -2.21. The normalized spacial score (nSPS) is 19.9. The Kier molecular flexibility index (Phi) is 4.43. The SMILES string of the molecule is C=C(C1CCCCC1)C([SiH3])(CC)CC. The molecular formula is C13H26Si. The van der Waals surface area contributed by atoms with Crippen LogP contribution in [0.2, 0.25) is 5.04 Å². The van der Waals surface area contributed by atoms with E-state index >= 15 is 0 Å².